The van der Waals surface area contributed by atoms with Crippen molar-refractivity contribution in [2.24, 2.45) is 0 Å². The number of benzene rings is 9. The number of fused-ring (bicyclic) bond motifs is 5. The molecule has 12 heteroatoms. The summed E-state index contributed by atoms with van der Waals surface area (Å²) in [6.45, 7) is 16.9. The highest BCUT2D eigenvalue weighted by molar-refractivity contribution is 6.62. The normalized spacial score (nSPS) is 17.2. The van der Waals surface area contributed by atoms with Crippen LogP contribution < -0.4 is 20.7 Å². The summed E-state index contributed by atoms with van der Waals surface area (Å²) in [7, 11) is -0.949. The van der Waals surface area contributed by atoms with Crippen LogP contribution in [0.25, 0.3) is 61.7 Å². The van der Waals surface area contributed by atoms with Crippen molar-refractivity contribution in [3.05, 3.63) is 229 Å². The van der Waals surface area contributed by atoms with Gasteiger partial charge in [0.25, 0.3) is 0 Å². The van der Waals surface area contributed by atoms with Gasteiger partial charge in [-0.05, 0) is 237 Å². The molecule has 4 aliphatic rings. The van der Waals surface area contributed by atoms with Gasteiger partial charge in [0.05, 0.1) is 33.4 Å². The van der Waals surface area contributed by atoms with Crippen molar-refractivity contribution in [2.45, 2.75) is 129 Å². The average molecular weight is 1170 g/mol. The van der Waals surface area contributed by atoms with Crippen LogP contribution in [0.4, 0.5) is 34.1 Å². The molecule has 2 aliphatic heterocycles. The number of rotatable bonds is 12. The monoisotopic (exact) mass is 1170 g/mol. The molecule has 2 aromatic heterocycles. The summed E-state index contributed by atoms with van der Waals surface area (Å²) in [4.78, 5) is 20.3. The molecular formula is C77H74B2N6O4. The SMILES string of the molecule is CC1(C)OB(c2ccc(N(c3ccc4c(c3)CCCC4)c3ccc4c(c3)c3cc(N(c5ccc(B6OC(C)(C)C(C)(C)O6)cc5)c5ccc6c(c5)CCCC6)ccc3n4-c3cccc(-c4nc(-c5ccccc5)nc(-c5ccccc5)n4)c3)cc2)OC1(C)C. The summed E-state index contributed by atoms with van der Waals surface area (Å²) in [6.07, 6.45) is 9.17. The summed E-state index contributed by atoms with van der Waals surface area (Å²) < 4.78 is 28.7. The van der Waals surface area contributed by atoms with Crippen LogP contribution in [0.2, 0.25) is 0 Å². The van der Waals surface area contributed by atoms with E-state index in [2.05, 4.69) is 240 Å². The smallest absolute Gasteiger partial charge is 0.399 e. The Hall–Kier alpha value is -8.64. The van der Waals surface area contributed by atoms with Crippen LogP contribution in [0.1, 0.15) is 103 Å². The number of anilines is 6. The summed E-state index contributed by atoms with van der Waals surface area (Å²) in [5.74, 6) is 1.84. The first-order valence-electron chi connectivity index (χ1n) is 31.8. The van der Waals surface area contributed by atoms with Gasteiger partial charge in [0, 0.05) is 67.3 Å². The third-order valence-electron chi connectivity index (χ3n) is 19.8. The zero-order valence-corrected chi connectivity index (χ0v) is 52.3. The fourth-order valence-electron chi connectivity index (χ4n) is 13.4. The molecule has 89 heavy (non-hydrogen) atoms. The summed E-state index contributed by atoms with van der Waals surface area (Å²) in [6, 6.07) is 74.7. The number of hydrogen-bond donors (Lipinski definition) is 0. The maximum Gasteiger partial charge on any atom is 0.494 e. The van der Waals surface area contributed by atoms with E-state index >= 15 is 0 Å². The maximum absolute atomic E-state index is 6.57. The number of hydrogen-bond acceptors (Lipinski definition) is 9. The zero-order valence-electron chi connectivity index (χ0n) is 52.3. The molecule has 0 radical (unpaired) electrons. The first-order valence-corrected chi connectivity index (χ1v) is 31.8. The molecule has 0 unspecified atom stereocenters. The molecule has 2 fully saturated rings. The van der Waals surface area contributed by atoms with Crippen molar-refractivity contribution in [3.63, 3.8) is 0 Å². The molecule has 9 aromatic carbocycles. The molecular weight excluding hydrogens is 1090 g/mol. The van der Waals surface area contributed by atoms with Crippen LogP contribution >= 0.6 is 0 Å². The predicted octanol–water partition coefficient (Wildman–Crippen LogP) is 17.3. The van der Waals surface area contributed by atoms with Crippen LogP contribution in [0.3, 0.4) is 0 Å². The third-order valence-corrected chi connectivity index (χ3v) is 19.8. The van der Waals surface area contributed by atoms with E-state index in [-0.39, 0.29) is 0 Å². The number of aromatic nitrogens is 4. The van der Waals surface area contributed by atoms with Gasteiger partial charge in [-0.15, -0.1) is 0 Å². The second-order valence-corrected chi connectivity index (χ2v) is 26.7. The van der Waals surface area contributed by atoms with E-state index in [0.29, 0.717) is 17.5 Å². The first-order chi connectivity index (χ1) is 43.0. The molecule has 15 rings (SSSR count). The zero-order chi connectivity index (χ0) is 60.8. The average Bonchev–Trinajstić information content (AvgIpc) is 2.11. The van der Waals surface area contributed by atoms with Crippen LogP contribution in [0, 0.1) is 0 Å². The fraction of sp³-hybridized carbons (Fsp3) is 0.260. The minimum atomic E-state index is -0.475. The van der Waals surface area contributed by atoms with Crippen molar-refractivity contribution in [1.29, 1.82) is 0 Å². The van der Waals surface area contributed by atoms with E-state index in [9.17, 15) is 0 Å². The molecule has 442 valence electrons. The Morgan fingerprint density at radius 2 is 0.685 bits per heavy atom. The highest BCUT2D eigenvalue weighted by Gasteiger charge is 2.53. The molecule has 2 aliphatic carbocycles. The van der Waals surface area contributed by atoms with Gasteiger partial charge in [-0.1, -0.05) is 109 Å². The Bertz CT molecular complexity index is 4200. The maximum atomic E-state index is 6.57. The van der Waals surface area contributed by atoms with Gasteiger partial charge < -0.3 is 33.0 Å². The van der Waals surface area contributed by atoms with Gasteiger partial charge in [-0.3, -0.25) is 0 Å². The number of aryl methyl sites for hydroxylation is 4. The summed E-state index contributed by atoms with van der Waals surface area (Å²) >= 11 is 0. The Labute approximate surface area is 523 Å². The molecule has 10 nitrogen and oxygen atoms in total. The molecule has 0 bridgehead atoms. The molecule has 0 atom stereocenters. The largest absolute Gasteiger partial charge is 0.494 e. The van der Waals surface area contributed by atoms with Gasteiger partial charge in [-0.25, -0.2) is 15.0 Å². The van der Waals surface area contributed by atoms with Gasteiger partial charge in [0.2, 0.25) is 0 Å². The highest BCUT2D eigenvalue weighted by Crippen LogP contribution is 2.46. The lowest BCUT2D eigenvalue weighted by Crippen LogP contribution is -2.41. The Morgan fingerprint density at radius 1 is 0.337 bits per heavy atom. The number of nitrogens with zero attached hydrogens (tertiary/aromatic N) is 6. The predicted molar refractivity (Wildman–Crippen MR) is 365 cm³/mol. The molecule has 0 saturated carbocycles. The van der Waals surface area contributed by atoms with Crippen LogP contribution in [0.5, 0.6) is 0 Å². The Balaban J connectivity index is 0.917. The quantitative estimate of drug-likeness (QED) is 0.111. The topological polar surface area (TPSA) is 87.0 Å². The van der Waals surface area contributed by atoms with E-state index in [0.717, 1.165) is 115 Å². The first kappa shape index (κ1) is 56.8. The minimum absolute atomic E-state index is 0.455. The van der Waals surface area contributed by atoms with Crippen molar-refractivity contribution < 1.29 is 18.6 Å². The Morgan fingerprint density at radius 3 is 1.10 bits per heavy atom. The van der Waals surface area contributed by atoms with E-state index < -0.39 is 36.6 Å². The highest BCUT2D eigenvalue weighted by atomic mass is 16.7. The van der Waals surface area contributed by atoms with Gasteiger partial charge in [0.15, 0.2) is 17.5 Å². The van der Waals surface area contributed by atoms with E-state index in [1.165, 1.54) is 47.9 Å². The minimum Gasteiger partial charge on any atom is -0.399 e. The lowest BCUT2D eigenvalue weighted by Gasteiger charge is -2.32. The van der Waals surface area contributed by atoms with Gasteiger partial charge in [-0.2, -0.15) is 0 Å². The molecule has 4 heterocycles. The Kier molecular flexibility index (Phi) is 14.1. The fourth-order valence-corrected chi connectivity index (χ4v) is 13.4. The second-order valence-electron chi connectivity index (χ2n) is 26.7. The van der Waals surface area contributed by atoms with Crippen LogP contribution in [-0.2, 0) is 44.3 Å². The van der Waals surface area contributed by atoms with E-state index in [1.54, 1.807) is 0 Å². The molecule has 11 aromatic rings. The van der Waals surface area contributed by atoms with E-state index in [1.807, 2.05) is 36.4 Å². The van der Waals surface area contributed by atoms with Gasteiger partial charge >= 0.3 is 14.2 Å². The van der Waals surface area contributed by atoms with Gasteiger partial charge in [0.1, 0.15) is 0 Å². The molecule has 2 saturated heterocycles. The lowest BCUT2D eigenvalue weighted by atomic mass is 9.79. The molecule has 0 N–H and O–H groups in total. The third kappa shape index (κ3) is 10.4. The molecule has 0 spiro atoms. The standard InChI is InChI=1S/C77H74B2N6O4/c1-74(2)75(3,4)87-78(86-74)58-32-38-60(39-33-58)83(63-36-30-51-20-15-17-26-55(51)46-63)65-42-44-69-67(49-65)68-50-66(84(64-37-31-52-21-16-18-27-56(52)47-64)61-40-34-59(35-41-61)79-88-76(5,6)77(7,8)89-79)43-45-70(68)85(69)62-29-19-28-57(48-62)73-81-71(53-22-11-9-12-23-53)80-72(82-73)54-24-13-10-14-25-54/h9-14,19,22-25,28-50H,15-18,20-21,26-27H2,1-8H3. The second kappa shape index (κ2) is 22.1. The summed E-state index contributed by atoms with van der Waals surface area (Å²) in [5, 5.41) is 2.22. The van der Waals surface area contributed by atoms with Crippen LogP contribution in [-0.4, -0.2) is 56.2 Å². The van der Waals surface area contributed by atoms with Crippen molar-refractivity contribution >= 4 is 81.1 Å². The van der Waals surface area contributed by atoms with Crippen molar-refractivity contribution in [1.82, 2.24) is 19.5 Å². The lowest BCUT2D eigenvalue weighted by molar-refractivity contribution is 0.00578. The summed E-state index contributed by atoms with van der Waals surface area (Å²) in [5.41, 5.74) is 18.2. The van der Waals surface area contributed by atoms with E-state index in [4.69, 9.17) is 33.6 Å². The van der Waals surface area contributed by atoms with Crippen molar-refractivity contribution in [2.75, 3.05) is 9.80 Å². The van der Waals surface area contributed by atoms with Crippen LogP contribution in [0.15, 0.2) is 206 Å². The van der Waals surface area contributed by atoms with Crippen molar-refractivity contribution in [3.8, 4) is 39.9 Å². The molecule has 0 amide bonds.